The van der Waals surface area contributed by atoms with E-state index in [1.807, 2.05) is 18.2 Å². The van der Waals surface area contributed by atoms with E-state index in [1.165, 1.54) is 18.4 Å². The normalized spacial score (nSPS) is 16.8. The fourth-order valence-electron chi connectivity index (χ4n) is 2.76. The Morgan fingerprint density at radius 1 is 1.37 bits per heavy atom. The molecule has 0 bridgehead atoms. The van der Waals surface area contributed by atoms with Gasteiger partial charge in [0.25, 0.3) is 0 Å². The second kappa shape index (κ2) is 7.13. The molecule has 1 fully saturated rings. The molecule has 1 saturated heterocycles. The standard InChI is InChI=1S/C15H23ClN2O/c1-3-18(14-6-8-17-9-7-14)11-12-10-13(16)4-5-15(12)19-2/h4-5,10,14,17H,3,6-9,11H2,1-2H3. The summed E-state index contributed by atoms with van der Waals surface area (Å²) in [5.41, 5.74) is 1.18. The molecule has 1 aromatic carbocycles. The Kier molecular flexibility index (Phi) is 5.49. The minimum atomic E-state index is 0.662. The smallest absolute Gasteiger partial charge is 0.123 e. The Morgan fingerprint density at radius 3 is 2.74 bits per heavy atom. The van der Waals surface area contributed by atoms with Crippen LogP contribution in [0.2, 0.25) is 5.02 Å². The zero-order valence-corrected chi connectivity index (χ0v) is 12.5. The average molecular weight is 283 g/mol. The molecule has 3 nitrogen and oxygen atoms in total. The Morgan fingerprint density at radius 2 is 2.11 bits per heavy atom. The average Bonchev–Trinajstić information content (AvgIpc) is 2.46. The molecule has 106 valence electrons. The van der Waals surface area contributed by atoms with Crippen molar-refractivity contribution in [1.29, 1.82) is 0 Å². The first-order chi connectivity index (χ1) is 9.24. The van der Waals surface area contributed by atoms with E-state index < -0.39 is 0 Å². The van der Waals surface area contributed by atoms with Crippen molar-refractivity contribution in [2.45, 2.75) is 32.4 Å². The van der Waals surface area contributed by atoms with Crippen LogP contribution in [0.4, 0.5) is 0 Å². The van der Waals surface area contributed by atoms with Gasteiger partial charge in [0.15, 0.2) is 0 Å². The summed E-state index contributed by atoms with van der Waals surface area (Å²) in [5.74, 6) is 0.928. The number of ether oxygens (including phenoxy) is 1. The number of benzene rings is 1. The van der Waals surface area contributed by atoms with Crippen LogP contribution in [-0.2, 0) is 6.54 Å². The zero-order chi connectivity index (χ0) is 13.7. The first-order valence-electron chi connectivity index (χ1n) is 7.01. The van der Waals surface area contributed by atoms with Gasteiger partial charge < -0.3 is 10.1 Å². The van der Waals surface area contributed by atoms with E-state index in [1.54, 1.807) is 7.11 Å². The third-order valence-electron chi connectivity index (χ3n) is 3.85. The first-order valence-corrected chi connectivity index (χ1v) is 7.39. The summed E-state index contributed by atoms with van der Waals surface area (Å²) in [7, 11) is 1.72. The lowest BCUT2D eigenvalue weighted by atomic mass is 10.0. The molecular weight excluding hydrogens is 260 g/mol. The van der Waals surface area contributed by atoms with E-state index in [-0.39, 0.29) is 0 Å². The van der Waals surface area contributed by atoms with Crippen molar-refractivity contribution >= 4 is 11.6 Å². The number of hydrogen-bond donors (Lipinski definition) is 1. The molecule has 1 N–H and O–H groups in total. The van der Waals surface area contributed by atoms with Crippen LogP contribution < -0.4 is 10.1 Å². The second-order valence-electron chi connectivity index (χ2n) is 5.00. The van der Waals surface area contributed by atoms with Crippen LogP contribution in [0.3, 0.4) is 0 Å². The van der Waals surface area contributed by atoms with Gasteiger partial charge in [-0.3, -0.25) is 4.90 Å². The maximum absolute atomic E-state index is 6.10. The Bertz CT molecular complexity index is 405. The van der Waals surface area contributed by atoms with E-state index in [4.69, 9.17) is 16.3 Å². The van der Waals surface area contributed by atoms with Crippen molar-refractivity contribution in [3.05, 3.63) is 28.8 Å². The molecule has 0 radical (unpaired) electrons. The predicted molar refractivity (Wildman–Crippen MR) is 80.0 cm³/mol. The topological polar surface area (TPSA) is 24.5 Å². The lowest BCUT2D eigenvalue weighted by Crippen LogP contribution is -2.42. The quantitative estimate of drug-likeness (QED) is 0.899. The molecule has 4 heteroatoms. The van der Waals surface area contributed by atoms with Gasteiger partial charge in [-0.25, -0.2) is 0 Å². The summed E-state index contributed by atoms with van der Waals surface area (Å²) < 4.78 is 5.44. The van der Waals surface area contributed by atoms with Crippen LogP contribution in [0.1, 0.15) is 25.3 Å². The van der Waals surface area contributed by atoms with Crippen LogP contribution in [-0.4, -0.2) is 37.7 Å². The molecule has 0 unspecified atom stereocenters. The monoisotopic (exact) mass is 282 g/mol. The van der Waals surface area contributed by atoms with Crippen molar-refractivity contribution in [1.82, 2.24) is 10.2 Å². The minimum Gasteiger partial charge on any atom is -0.496 e. The van der Waals surface area contributed by atoms with E-state index >= 15 is 0 Å². The summed E-state index contributed by atoms with van der Waals surface area (Å²) in [5, 5.41) is 4.19. The maximum Gasteiger partial charge on any atom is 0.123 e. The molecule has 0 aromatic heterocycles. The zero-order valence-electron chi connectivity index (χ0n) is 11.8. The Balaban J connectivity index is 2.10. The van der Waals surface area contributed by atoms with E-state index in [2.05, 4.69) is 17.1 Å². The number of hydrogen-bond acceptors (Lipinski definition) is 3. The van der Waals surface area contributed by atoms with Gasteiger partial charge in [-0.1, -0.05) is 18.5 Å². The van der Waals surface area contributed by atoms with E-state index in [0.717, 1.165) is 37.0 Å². The highest BCUT2D eigenvalue weighted by Gasteiger charge is 2.20. The van der Waals surface area contributed by atoms with Crippen molar-refractivity contribution in [2.24, 2.45) is 0 Å². The van der Waals surface area contributed by atoms with Crippen LogP contribution in [0.15, 0.2) is 18.2 Å². The minimum absolute atomic E-state index is 0.662. The molecule has 1 heterocycles. The van der Waals surface area contributed by atoms with Crippen LogP contribution in [0.5, 0.6) is 5.75 Å². The largest absolute Gasteiger partial charge is 0.496 e. The van der Waals surface area contributed by atoms with Crippen LogP contribution in [0.25, 0.3) is 0 Å². The van der Waals surface area contributed by atoms with Crippen molar-refractivity contribution in [3.8, 4) is 5.75 Å². The molecule has 2 rings (SSSR count). The van der Waals surface area contributed by atoms with E-state index in [9.17, 15) is 0 Å². The van der Waals surface area contributed by atoms with Crippen molar-refractivity contribution in [3.63, 3.8) is 0 Å². The summed E-state index contributed by atoms with van der Waals surface area (Å²) in [6, 6.07) is 6.51. The second-order valence-corrected chi connectivity index (χ2v) is 5.44. The number of nitrogens with zero attached hydrogens (tertiary/aromatic N) is 1. The lowest BCUT2D eigenvalue weighted by molar-refractivity contribution is 0.160. The summed E-state index contributed by atoms with van der Waals surface area (Å²) in [6.45, 7) is 6.42. The van der Waals surface area contributed by atoms with Crippen molar-refractivity contribution < 1.29 is 4.74 Å². The molecule has 0 aliphatic carbocycles. The van der Waals surface area contributed by atoms with Crippen LogP contribution in [0, 0.1) is 0 Å². The highest BCUT2D eigenvalue weighted by molar-refractivity contribution is 6.30. The summed E-state index contributed by atoms with van der Waals surface area (Å²) in [4.78, 5) is 2.52. The Hall–Kier alpha value is -0.770. The van der Waals surface area contributed by atoms with Gasteiger partial charge in [-0.05, 0) is 50.7 Å². The van der Waals surface area contributed by atoms with Gasteiger partial charge in [-0.15, -0.1) is 0 Å². The third-order valence-corrected chi connectivity index (χ3v) is 4.08. The van der Waals surface area contributed by atoms with Gasteiger partial charge in [0.2, 0.25) is 0 Å². The SMILES string of the molecule is CCN(Cc1cc(Cl)ccc1OC)C1CCNCC1. The molecule has 0 atom stereocenters. The highest BCUT2D eigenvalue weighted by atomic mass is 35.5. The van der Waals surface area contributed by atoms with Gasteiger partial charge in [0.05, 0.1) is 7.11 Å². The Labute approximate surface area is 120 Å². The molecule has 0 spiro atoms. The lowest BCUT2D eigenvalue weighted by Gasteiger charge is -2.34. The predicted octanol–water partition coefficient (Wildman–Crippen LogP) is 2.92. The molecule has 1 aromatic rings. The molecule has 1 aliphatic rings. The molecule has 1 aliphatic heterocycles. The molecule has 0 saturated carbocycles. The summed E-state index contributed by atoms with van der Waals surface area (Å²) in [6.07, 6.45) is 2.44. The highest BCUT2D eigenvalue weighted by Crippen LogP contribution is 2.25. The first kappa shape index (κ1) is 14.6. The van der Waals surface area contributed by atoms with Crippen molar-refractivity contribution in [2.75, 3.05) is 26.7 Å². The fraction of sp³-hybridized carbons (Fsp3) is 0.600. The fourth-order valence-corrected chi connectivity index (χ4v) is 2.96. The number of methoxy groups -OCH3 is 1. The molecular formula is C15H23ClN2O. The van der Waals surface area contributed by atoms with Gasteiger partial charge in [-0.2, -0.15) is 0 Å². The third kappa shape index (κ3) is 3.85. The van der Waals surface area contributed by atoms with E-state index in [0.29, 0.717) is 6.04 Å². The molecule has 19 heavy (non-hydrogen) atoms. The van der Waals surface area contributed by atoms with Gasteiger partial charge in [0.1, 0.15) is 5.75 Å². The van der Waals surface area contributed by atoms with Gasteiger partial charge in [0, 0.05) is 23.2 Å². The summed E-state index contributed by atoms with van der Waals surface area (Å²) >= 11 is 6.10. The van der Waals surface area contributed by atoms with Crippen LogP contribution >= 0.6 is 11.6 Å². The number of piperidine rings is 1. The maximum atomic E-state index is 6.10. The number of halogens is 1. The number of nitrogens with one attached hydrogen (secondary N) is 1. The number of rotatable bonds is 5. The van der Waals surface area contributed by atoms with Gasteiger partial charge >= 0.3 is 0 Å². The molecule has 0 amide bonds.